The molecule has 0 aliphatic carbocycles. The number of anilines is 1. The fourth-order valence-electron chi connectivity index (χ4n) is 1.86. The first kappa shape index (κ1) is 12.3. The SMILES string of the molecule is CCc1cc(NC(=O)c2cnc3onc(C)c3c2)n[nH]1. The summed E-state index contributed by atoms with van der Waals surface area (Å²) in [4.78, 5) is 16.2. The first-order valence-electron chi connectivity index (χ1n) is 6.25. The molecule has 20 heavy (non-hydrogen) atoms. The number of aromatic nitrogens is 4. The van der Waals surface area contributed by atoms with E-state index in [9.17, 15) is 4.79 Å². The molecule has 0 aliphatic rings. The van der Waals surface area contributed by atoms with E-state index in [0.717, 1.165) is 17.5 Å². The Hall–Kier alpha value is -2.70. The van der Waals surface area contributed by atoms with Crippen LogP contribution in [-0.4, -0.2) is 26.2 Å². The van der Waals surface area contributed by atoms with Crippen LogP contribution in [0.2, 0.25) is 0 Å². The Kier molecular flexibility index (Phi) is 2.94. The van der Waals surface area contributed by atoms with E-state index in [1.54, 1.807) is 19.1 Å². The van der Waals surface area contributed by atoms with E-state index in [-0.39, 0.29) is 5.91 Å². The molecule has 0 fully saturated rings. The van der Waals surface area contributed by atoms with Crippen molar-refractivity contribution in [1.29, 1.82) is 0 Å². The zero-order valence-electron chi connectivity index (χ0n) is 11.1. The van der Waals surface area contributed by atoms with E-state index < -0.39 is 0 Å². The lowest BCUT2D eigenvalue weighted by atomic mass is 10.2. The van der Waals surface area contributed by atoms with Crippen LogP contribution in [0.25, 0.3) is 11.1 Å². The molecule has 102 valence electrons. The standard InChI is InChI=1S/C13H13N5O2/c1-3-9-5-11(17-16-9)15-12(19)8-4-10-7(2)18-20-13(10)14-6-8/h4-6H,3H2,1-2H3,(H2,15,16,17,19). The lowest BCUT2D eigenvalue weighted by Gasteiger charge is -2.00. The normalized spacial score (nSPS) is 10.9. The highest BCUT2D eigenvalue weighted by Crippen LogP contribution is 2.17. The predicted molar refractivity (Wildman–Crippen MR) is 72.5 cm³/mol. The number of carbonyl (C=O) groups excluding carboxylic acids is 1. The van der Waals surface area contributed by atoms with Gasteiger partial charge in [-0.1, -0.05) is 12.1 Å². The molecule has 0 radical (unpaired) electrons. The molecule has 0 unspecified atom stereocenters. The van der Waals surface area contributed by atoms with Crippen LogP contribution in [-0.2, 0) is 6.42 Å². The van der Waals surface area contributed by atoms with Gasteiger partial charge >= 0.3 is 0 Å². The van der Waals surface area contributed by atoms with Crippen molar-refractivity contribution in [1.82, 2.24) is 20.3 Å². The van der Waals surface area contributed by atoms with Crippen LogP contribution in [0, 0.1) is 6.92 Å². The number of carbonyl (C=O) groups is 1. The van der Waals surface area contributed by atoms with Gasteiger partial charge in [-0.25, -0.2) is 4.98 Å². The van der Waals surface area contributed by atoms with Gasteiger partial charge in [0.15, 0.2) is 5.82 Å². The van der Waals surface area contributed by atoms with Gasteiger partial charge in [-0.05, 0) is 19.4 Å². The van der Waals surface area contributed by atoms with E-state index in [0.29, 0.717) is 22.8 Å². The van der Waals surface area contributed by atoms with E-state index in [4.69, 9.17) is 4.52 Å². The van der Waals surface area contributed by atoms with Gasteiger partial charge in [0.25, 0.3) is 11.6 Å². The molecule has 0 bridgehead atoms. The molecular weight excluding hydrogens is 258 g/mol. The smallest absolute Gasteiger partial charge is 0.258 e. The summed E-state index contributed by atoms with van der Waals surface area (Å²) in [7, 11) is 0. The minimum atomic E-state index is -0.269. The van der Waals surface area contributed by atoms with Crippen molar-refractivity contribution >= 4 is 22.8 Å². The van der Waals surface area contributed by atoms with Gasteiger partial charge in [-0.15, -0.1) is 0 Å². The molecule has 0 aromatic carbocycles. The van der Waals surface area contributed by atoms with Crippen molar-refractivity contribution in [3.8, 4) is 0 Å². The Morgan fingerprint density at radius 3 is 3.05 bits per heavy atom. The molecule has 3 aromatic heterocycles. The van der Waals surface area contributed by atoms with Crippen LogP contribution in [0.3, 0.4) is 0 Å². The summed E-state index contributed by atoms with van der Waals surface area (Å²) in [6.07, 6.45) is 2.28. The van der Waals surface area contributed by atoms with E-state index in [2.05, 4.69) is 25.7 Å². The summed E-state index contributed by atoms with van der Waals surface area (Å²) in [5.41, 5.74) is 2.52. The van der Waals surface area contributed by atoms with Gasteiger partial charge in [-0.3, -0.25) is 9.89 Å². The van der Waals surface area contributed by atoms with Crippen LogP contribution in [0.1, 0.15) is 28.7 Å². The highest BCUT2D eigenvalue weighted by molar-refractivity contribution is 6.05. The van der Waals surface area contributed by atoms with Crippen molar-refractivity contribution in [2.45, 2.75) is 20.3 Å². The second kappa shape index (κ2) is 4.76. The first-order valence-corrected chi connectivity index (χ1v) is 6.25. The number of nitrogens with zero attached hydrogens (tertiary/aromatic N) is 3. The Labute approximate surface area is 114 Å². The molecule has 0 saturated heterocycles. The number of aryl methyl sites for hydroxylation is 2. The number of nitrogens with one attached hydrogen (secondary N) is 2. The number of amides is 1. The second-order valence-electron chi connectivity index (χ2n) is 4.43. The zero-order chi connectivity index (χ0) is 14.1. The van der Waals surface area contributed by atoms with Crippen LogP contribution < -0.4 is 5.32 Å². The Morgan fingerprint density at radius 1 is 1.45 bits per heavy atom. The summed E-state index contributed by atoms with van der Waals surface area (Å²) in [6, 6.07) is 3.51. The lowest BCUT2D eigenvalue weighted by Crippen LogP contribution is -2.12. The van der Waals surface area contributed by atoms with E-state index in [1.165, 1.54) is 6.20 Å². The average Bonchev–Trinajstić information content (AvgIpc) is 3.06. The molecule has 2 N–H and O–H groups in total. The number of pyridine rings is 1. The molecule has 7 nitrogen and oxygen atoms in total. The maximum absolute atomic E-state index is 12.1. The summed E-state index contributed by atoms with van der Waals surface area (Å²) in [5.74, 6) is 0.225. The van der Waals surface area contributed by atoms with Crippen LogP contribution >= 0.6 is 0 Å². The number of hydrogen-bond donors (Lipinski definition) is 2. The fraction of sp³-hybridized carbons (Fsp3) is 0.231. The number of fused-ring (bicyclic) bond motifs is 1. The molecule has 0 spiro atoms. The fourth-order valence-corrected chi connectivity index (χ4v) is 1.86. The zero-order valence-corrected chi connectivity index (χ0v) is 11.1. The maximum atomic E-state index is 12.1. The number of rotatable bonds is 3. The highest BCUT2D eigenvalue weighted by Gasteiger charge is 2.12. The largest absolute Gasteiger partial charge is 0.336 e. The molecule has 3 aromatic rings. The van der Waals surface area contributed by atoms with Gasteiger partial charge in [0.05, 0.1) is 16.6 Å². The van der Waals surface area contributed by atoms with Crippen LogP contribution in [0.4, 0.5) is 5.82 Å². The van der Waals surface area contributed by atoms with Crippen molar-refractivity contribution in [3.63, 3.8) is 0 Å². The number of H-pyrrole nitrogens is 1. The molecule has 7 heteroatoms. The van der Waals surface area contributed by atoms with Crippen molar-refractivity contribution in [2.75, 3.05) is 5.32 Å². The average molecular weight is 271 g/mol. The van der Waals surface area contributed by atoms with Crippen molar-refractivity contribution in [3.05, 3.63) is 35.3 Å². The third kappa shape index (κ3) is 2.13. The monoisotopic (exact) mass is 271 g/mol. The van der Waals surface area contributed by atoms with Crippen LogP contribution in [0.15, 0.2) is 22.9 Å². The third-order valence-electron chi connectivity index (χ3n) is 3.03. The second-order valence-corrected chi connectivity index (χ2v) is 4.43. The summed E-state index contributed by atoms with van der Waals surface area (Å²) in [5, 5.41) is 14.1. The van der Waals surface area contributed by atoms with Crippen LogP contribution in [0.5, 0.6) is 0 Å². The molecule has 3 heterocycles. The van der Waals surface area contributed by atoms with Gasteiger partial charge in [0.1, 0.15) is 0 Å². The quantitative estimate of drug-likeness (QED) is 0.760. The Bertz CT molecular complexity index is 774. The van der Waals surface area contributed by atoms with Gasteiger partial charge < -0.3 is 9.84 Å². The van der Waals surface area contributed by atoms with Gasteiger partial charge in [-0.2, -0.15) is 5.10 Å². The Morgan fingerprint density at radius 2 is 2.30 bits per heavy atom. The first-order chi connectivity index (χ1) is 9.67. The molecule has 0 aliphatic heterocycles. The Balaban J connectivity index is 1.86. The van der Waals surface area contributed by atoms with E-state index in [1.807, 2.05) is 6.92 Å². The lowest BCUT2D eigenvalue weighted by molar-refractivity contribution is 0.102. The predicted octanol–water partition coefficient (Wildman–Crippen LogP) is 2.07. The third-order valence-corrected chi connectivity index (χ3v) is 3.03. The molecule has 3 rings (SSSR count). The summed E-state index contributed by atoms with van der Waals surface area (Å²) >= 11 is 0. The minimum Gasteiger partial charge on any atom is -0.336 e. The topological polar surface area (TPSA) is 96.7 Å². The molecule has 0 saturated carbocycles. The summed E-state index contributed by atoms with van der Waals surface area (Å²) < 4.78 is 5.01. The minimum absolute atomic E-state index is 0.269. The maximum Gasteiger partial charge on any atom is 0.258 e. The molecular formula is C13H13N5O2. The highest BCUT2D eigenvalue weighted by atomic mass is 16.5. The molecule has 1 amide bonds. The number of aromatic amines is 1. The summed E-state index contributed by atoms with van der Waals surface area (Å²) in [6.45, 7) is 3.81. The number of hydrogen-bond acceptors (Lipinski definition) is 5. The van der Waals surface area contributed by atoms with E-state index >= 15 is 0 Å². The van der Waals surface area contributed by atoms with Gasteiger partial charge in [0.2, 0.25) is 0 Å². The van der Waals surface area contributed by atoms with Gasteiger partial charge in [0, 0.05) is 18.0 Å². The van der Waals surface area contributed by atoms with Crippen molar-refractivity contribution < 1.29 is 9.32 Å². The molecule has 0 atom stereocenters. The van der Waals surface area contributed by atoms with Crippen molar-refractivity contribution in [2.24, 2.45) is 0 Å².